The highest BCUT2D eigenvalue weighted by Crippen LogP contribution is 2.38. The molecule has 4 heterocycles. The molecular formula is C70H93Br3Cl6N8O12S4Si2. The van der Waals surface area contributed by atoms with Gasteiger partial charge in [-0.25, -0.2) is 48.0 Å². The van der Waals surface area contributed by atoms with E-state index in [1.807, 2.05) is 60.9 Å². The lowest BCUT2D eigenvalue weighted by molar-refractivity contribution is 0.156. The quantitative estimate of drug-likeness (QED) is 0.0135. The van der Waals surface area contributed by atoms with Crippen LogP contribution < -0.4 is 14.8 Å². The van der Waals surface area contributed by atoms with Crippen LogP contribution in [-0.4, -0.2) is 164 Å². The number of nitrogen functional groups attached to an aromatic ring is 1. The van der Waals surface area contributed by atoms with Crippen LogP contribution in [0.4, 0.5) is 22.7 Å². The molecule has 0 unspecified atom stereocenters. The third-order valence-electron chi connectivity index (χ3n) is 14.6. The average Bonchev–Trinajstić information content (AvgIpc) is 1.79. The van der Waals surface area contributed by atoms with Gasteiger partial charge in [0.2, 0.25) is 19.1 Å². The fourth-order valence-electron chi connectivity index (χ4n) is 9.42. The second kappa shape index (κ2) is 44.8. The van der Waals surface area contributed by atoms with E-state index in [0.29, 0.717) is 96.9 Å². The monoisotopic (exact) mass is 1870 g/mol. The molecule has 0 radical (unpaired) electrons. The minimum Gasteiger partial charge on any atom is -0.508 e. The Hall–Kier alpha value is -3.87. The van der Waals surface area contributed by atoms with Crippen LogP contribution in [0.3, 0.4) is 0 Å². The van der Waals surface area contributed by atoms with Crippen molar-refractivity contribution in [1.29, 1.82) is 0 Å². The van der Waals surface area contributed by atoms with Gasteiger partial charge in [0.05, 0.1) is 103 Å². The molecule has 35 heteroatoms. The smallest absolute Gasteiger partial charge is 0.237 e. The lowest BCUT2D eigenvalue weighted by atomic mass is 10.1. The first-order valence-corrected chi connectivity index (χ1v) is 53.0. The van der Waals surface area contributed by atoms with Crippen molar-refractivity contribution < 1.29 is 53.0 Å². The second-order valence-corrected chi connectivity index (χ2v) is 51.0. The molecule has 0 aliphatic carbocycles. The Morgan fingerprint density at radius 3 is 1.50 bits per heavy atom. The molecule has 20 nitrogen and oxygen atoms in total. The molecular weight excluding hydrogens is 1780 g/mol. The zero-order valence-electron chi connectivity index (χ0n) is 60.4. The molecule has 0 amide bonds. The number of aromatic hydroxyl groups is 1. The summed E-state index contributed by atoms with van der Waals surface area (Å²) in [6.45, 7) is 25.7. The fourth-order valence-corrected chi connectivity index (χ4v) is 18.5. The molecule has 0 atom stereocenters. The standard InChI is InChI=1S/C20H20ClN3O3S.C15H25BrClNO3SSi.C10H12BrClO2S.C10H9N3O.C6H5BrClN.C6H15ClOSi.C3H7ClO2S/c1-2-10-28(25,26)12-14-4-3-5-18(19(14)21)27-15-6-7-17-16(11-15)20-22-8-9-24(20)13-23-17;1-5-10-22(19,20)18(12-21-9-11-23(2,3)4)14-8-6-7-13(16)15(14)17;1-2-6-15(13,14)7-8-4-3-5-9(11)10(8)12;14-7-1-2-9-8(5-7)10-11-3-4-13(10)6-12-9;7-4-2-1-3-5(9)6(4)8;1-9(2,3)5-4-8-6-7;1-2-3-7(4,5)6/h3-7,11,13H,2,8-10,12H2,1H3;6-8H,5,9-12H2,1-4H3;3-5H,2,6-7H2,1H3;1-2,5-6,14H,3-4H2;1-3H,9H2;4-6H2,1-3H3;2-3H2,1H3. The van der Waals surface area contributed by atoms with Crippen molar-refractivity contribution in [2.75, 3.05) is 85.2 Å². The molecule has 4 aliphatic rings. The number of phenols is 1. The Kier molecular flexibility index (Phi) is 39.9. The number of fused-ring (bicyclic) bond motifs is 6. The first kappa shape index (κ1) is 93.5. The van der Waals surface area contributed by atoms with Crippen molar-refractivity contribution in [3.8, 4) is 17.2 Å². The van der Waals surface area contributed by atoms with E-state index < -0.39 is 54.9 Å². The van der Waals surface area contributed by atoms with Gasteiger partial charge in [0.15, 0.2) is 19.7 Å². The van der Waals surface area contributed by atoms with E-state index in [2.05, 4.69) is 107 Å². The Bertz CT molecular complexity index is 4430. The molecule has 6 aromatic rings. The number of ether oxygens (including phenoxy) is 3. The highest BCUT2D eigenvalue weighted by molar-refractivity contribution is 9.11. The highest BCUT2D eigenvalue weighted by Gasteiger charge is 2.28. The average molecular weight is 1880 g/mol. The van der Waals surface area contributed by atoms with Gasteiger partial charge in [-0.3, -0.25) is 9.98 Å². The molecule has 0 saturated carbocycles. The normalized spacial score (nSPS) is 13.4. The van der Waals surface area contributed by atoms with Gasteiger partial charge in [-0.2, -0.15) is 0 Å². The number of aliphatic imine (C=N–C) groups is 4. The molecule has 0 bridgehead atoms. The van der Waals surface area contributed by atoms with Crippen LogP contribution in [0.1, 0.15) is 75.6 Å². The molecule has 3 N–H and O–H groups in total. The molecule has 4 aliphatic heterocycles. The van der Waals surface area contributed by atoms with Gasteiger partial charge in [-0.15, -0.1) is 0 Å². The first-order chi connectivity index (χ1) is 49.2. The summed E-state index contributed by atoms with van der Waals surface area (Å²) in [6.07, 6.45) is 5.94. The van der Waals surface area contributed by atoms with E-state index in [1.165, 1.54) is 10.3 Å². The van der Waals surface area contributed by atoms with Crippen LogP contribution in [0, 0.1) is 0 Å². The highest BCUT2D eigenvalue weighted by atomic mass is 79.9. The number of nitrogens with zero attached hydrogens (tertiary/aromatic N) is 7. The van der Waals surface area contributed by atoms with Crippen molar-refractivity contribution in [1.82, 2.24) is 9.80 Å². The van der Waals surface area contributed by atoms with E-state index in [4.69, 9.17) is 88.6 Å². The van der Waals surface area contributed by atoms with Crippen molar-refractivity contribution in [2.24, 2.45) is 20.0 Å². The van der Waals surface area contributed by atoms with Crippen LogP contribution in [-0.2, 0) is 59.7 Å². The summed E-state index contributed by atoms with van der Waals surface area (Å²) in [5.74, 6) is 3.50. The van der Waals surface area contributed by atoms with Gasteiger partial charge in [-0.05, 0) is 169 Å². The molecule has 0 fully saturated rings. The third-order valence-corrected chi connectivity index (χ3v) is 29.4. The zero-order chi connectivity index (χ0) is 78.5. The lowest BCUT2D eigenvalue weighted by Crippen LogP contribution is -2.36. The van der Waals surface area contributed by atoms with Crippen LogP contribution in [0.15, 0.2) is 143 Å². The molecule has 10 rings (SSSR count). The van der Waals surface area contributed by atoms with E-state index >= 15 is 0 Å². The fraction of sp³-hybridized carbons (Fsp3) is 0.429. The van der Waals surface area contributed by atoms with E-state index in [1.54, 1.807) is 98.5 Å². The maximum absolute atomic E-state index is 12.6. The van der Waals surface area contributed by atoms with Crippen LogP contribution in [0.2, 0.25) is 71.5 Å². The predicted octanol–water partition coefficient (Wildman–Crippen LogP) is 19.9. The lowest BCUT2D eigenvalue weighted by Gasteiger charge is -2.26. The number of anilines is 2. The van der Waals surface area contributed by atoms with Gasteiger partial charge >= 0.3 is 0 Å². The van der Waals surface area contributed by atoms with Gasteiger partial charge in [-0.1, -0.05) is 161 Å². The van der Waals surface area contributed by atoms with Crippen molar-refractivity contribution in [2.45, 2.75) is 116 Å². The van der Waals surface area contributed by atoms with E-state index in [-0.39, 0.29) is 47.0 Å². The number of sulfonamides is 1. The largest absolute Gasteiger partial charge is 0.508 e. The number of rotatable bonds is 25. The summed E-state index contributed by atoms with van der Waals surface area (Å²) in [6, 6.07) is 34.5. The summed E-state index contributed by atoms with van der Waals surface area (Å²) in [4.78, 5) is 21.7. The minimum absolute atomic E-state index is 0.0109. The predicted molar refractivity (Wildman–Crippen MR) is 456 cm³/mol. The first-order valence-electron chi connectivity index (χ1n) is 33.4. The van der Waals surface area contributed by atoms with Gasteiger partial charge < -0.3 is 34.9 Å². The number of amidine groups is 2. The molecule has 6 aromatic carbocycles. The number of alkyl halides is 1. The maximum atomic E-state index is 12.6. The van der Waals surface area contributed by atoms with Crippen LogP contribution in [0.25, 0.3) is 0 Å². The second-order valence-electron chi connectivity index (χ2n) is 26.2. The number of hydrogen-bond donors (Lipinski definition) is 2. The third kappa shape index (κ3) is 33.3. The Balaban J connectivity index is 0.000000273. The number of halogens is 9. The summed E-state index contributed by atoms with van der Waals surface area (Å²) >= 11 is 39.6. The number of phenolic OH excluding ortho intramolecular Hbond substituents is 1. The molecule has 580 valence electrons. The van der Waals surface area contributed by atoms with Crippen molar-refractivity contribution >= 4 is 218 Å². The van der Waals surface area contributed by atoms with E-state index in [9.17, 15) is 38.8 Å². The maximum Gasteiger partial charge on any atom is 0.237 e. The van der Waals surface area contributed by atoms with Gasteiger partial charge in [0.1, 0.15) is 41.7 Å². The minimum atomic E-state index is -3.47. The van der Waals surface area contributed by atoms with Crippen LogP contribution >= 0.6 is 116 Å². The van der Waals surface area contributed by atoms with Crippen molar-refractivity contribution in [3.05, 3.63) is 165 Å². The summed E-state index contributed by atoms with van der Waals surface area (Å²) in [7, 11) is -10.2. The molecule has 105 heavy (non-hydrogen) atoms. The molecule has 0 spiro atoms. The van der Waals surface area contributed by atoms with Crippen molar-refractivity contribution in [3.63, 3.8) is 0 Å². The number of hydrogen-bond acceptors (Lipinski definition) is 19. The summed E-state index contributed by atoms with van der Waals surface area (Å²) in [5, 5.41) is 11.1. The Morgan fingerprint density at radius 1 is 0.562 bits per heavy atom. The van der Waals surface area contributed by atoms with Gasteiger partial charge in [0.25, 0.3) is 0 Å². The number of nitrogens with two attached hydrogens (primary N) is 1. The summed E-state index contributed by atoms with van der Waals surface area (Å²) < 4.78 is 113. The number of sulfone groups is 2. The van der Waals surface area contributed by atoms with Gasteiger partial charge in [0, 0.05) is 77.7 Å². The SMILES string of the molecule is CCCS(=O)(=O)Cc1cccc(Br)c1Cl.CCCS(=O)(=O)Cc1cccc(Oc2ccc3c(c2)C2=NCCN2C=N3)c1Cl.CCCS(=O)(=O)Cl.CCCS(=O)(=O)N(COCC[Si](C)(C)C)c1cccc(Br)c1Cl.C[Si](C)(C)CCOCCl.Nc1cccc(Br)c1Cl.Oc1ccc2c(c1)C1=NCCN1C=N2. The number of benzene rings is 6. The topological polar surface area (TPSA) is 270 Å². The Labute approximate surface area is 678 Å². The van der Waals surface area contributed by atoms with Crippen LogP contribution in [0.5, 0.6) is 17.2 Å². The van der Waals surface area contributed by atoms with E-state index in [0.717, 1.165) is 81.9 Å². The Morgan fingerprint density at radius 2 is 1.02 bits per heavy atom. The zero-order valence-corrected chi connectivity index (χ0v) is 74.9. The summed E-state index contributed by atoms with van der Waals surface area (Å²) in [5.41, 5.74) is 11.3. The molecule has 0 saturated heterocycles. The molecule has 0 aromatic heterocycles.